The molecule has 23 heavy (non-hydrogen) atoms. The lowest BCUT2D eigenvalue weighted by Crippen LogP contribution is -2.38. The number of amides is 2. The van der Waals surface area contributed by atoms with Crippen molar-refractivity contribution in [2.24, 2.45) is 0 Å². The van der Waals surface area contributed by atoms with Gasteiger partial charge in [-0.3, -0.25) is 9.59 Å². The number of halogens is 1. The van der Waals surface area contributed by atoms with Crippen molar-refractivity contribution in [2.45, 2.75) is 25.8 Å². The predicted octanol–water partition coefficient (Wildman–Crippen LogP) is 3.56. The number of fused-ring (bicyclic) bond motifs is 1. The number of anilines is 1. The fourth-order valence-electron chi connectivity index (χ4n) is 2.82. The summed E-state index contributed by atoms with van der Waals surface area (Å²) in [6.45, 7) is 1.89. The van der Waals surface area contributed by atoms with E-state index in [1.54, 1.807) is 11.0 Å². The van der Waals surface area contributed by atoms with E-state index in [4.69, 9.17) is 0 Å². The van der Waals surface area contributed by atoms with E-state index < -0.39 is 6.04 Å². The van der Waals surface area contributed by atoms with E-state index in [0.717, 1.165) is 4.88 Å². The molecule has 0 radical (unpaired) electrons. The summed E-state index contributed by atoms with van der Waals surface area (Å²) < 4.78 is 13.8. The van der Waals surface area contributed by atoms with E-state index in [0.29, 0.717) is 24.1 Å². The number of thiophene rings is 1. The van der Waals surface area contributed by atoms with Gasteiger partial charge in [0.15, 0.2) is 0 Å². The second kappa shape index (κ2) is 6.50. The summed E-state index contributed by atoms with van der Waals surface area (Å²) in [6.07, 6.45) is 1.06. The Labute approximate surface area is 137 Å². The van der Waals surface area contributed by atoms with E-state index in [-0.39, 0.29) is 24.2 Å². The van der Waals surface area contributed by atoms with Gasteiger partial charge in [0.25, 0.3) is 0 Å². The van der Waals surface area contributed by atoms with Crippen LogP contribution in [0, 0.1) is 5.82 Å². The van der Waals surface area contributed by atoms with E-state index in [2.05, 4.69) is 5.32 Å². The summed E-state index contributed by atoms with van der Waals surface area (Å²) in [5, 5.41) is 4.69. The van der Waals surface area contributed by atoms with Crippen molar-refractivity contribution in [3.63, 3.8) is 0 Å². The van der Waals surface area contributed by atoms with Gasteiger partial charge in [0.05, 0.1) is 6.04 Å². The van der Waals surface area contributed by atoms with Crippen molar-refractivity contribution < 1.29 is 14.0 Å². The molecular weight excluding hydrogens is 315 g/mol. The summed E-state index contributed by atoms with van der Waals surface area (Å²) >= 11 is 1.49. The van der Waals surface area contributed by atoms with E-state index in [1.165, 1.54) is 23.5 Å². The largest absolute Gasteiger partial charge is 0.324 e. The Morgan fingerprint density at radius 1 is 1.43 bits per heavy atom. The van der Waals surface area contributed by atoms with Crippen molar-refractivity contribution >= 4 is 28.8 Å². The molecular formula is C17H17FN2O2S. The van der Waals surface area contributed by atoms with Crippen LogP contribution in [0.25, 0.3) is 0 Å². The van der Waals surface area contributed by atoms with Crippen LogP contribution >= 0.6 is 11.3 Å². The van der Waals surface area contributed by atoms with Crippen LogP contribution in [0.1, 0.15) is 36.2 Å². The topological polar surface area (TPSA) is 49.4 Å². The molecule has 0 saturated heterocycles. The molecule has 0 fully saturated rings. The first kappa shape index (κ1) is 15.7. The van der Waals surface area contributed by atoms with Gasteiger partial charge in [-0.05, 0) is 36.1 Å². The van der Waals surface area contributed by atoms with Gasteiger partial charge in [-0.15, -0.1) is 11.3 Å². The number of carbonyl (C=O) groups excluding carboxylic acids is 2. The maximum Gasteiger partial charge on any atom is 0.244 e. The summed E-state index contributed by atoms with van der Waals surface area (Å²) in [4.78, 5) is 27.2. The third-order valence-corrected chi connectivity index (χ3v) is 4.73. The first-order valence-corrected chi connectivity index (χ1v) is 8.40. The molecule has 1 aliphatic heterocycles. The first-order chi connectivity index (χ1) is 11.1. The van der Waals surface area contributed by atoms with Crippen LogP contribution in [0.3, 0.4) is 0 Å². The quantitative estimate of drug-likeness (QED) is 0.934. The zero-order chi connectivity index (χ0) is 16.4. The predicted molar refractivity (Wildman–Crippen MR) is 87.8 cm³/mol. The maximum absolute atomic E-state index is 13.8. The fraction of sp³-hybridized carbons (Fsp3) is 0.294. The number of hydrogen-bond acceptors (Lipinski definition) is 3. The standard InChI is InChI=1S/C17H17FN2O2S/c1-2-4-16(22)20-10-15(21)19-13-7-6-11(18)9-12(13)17(20)14-5-3-8-23-14/h3,5-9,17H,2,4,10H2,1H3,(H,19,21). The molecule has 1 aromatic heterocycles. The highest BCUT2D eigenvalue weighted by molar-refractivity contribution is 7.10. The van der Waals surface area contributed by atoms with Gasteiger partial charge in [-0.2, -0.15) is 0 Å². The highest BCUT2D eigenvalue weighted by Gasteiger charge is 2.33. The number of carbonyl (C=O) groups is 2. The minimum atomic E-state index is -0.446. The van der Waals surface area contributed by atoms with Crippen LogP contribution in [-0.4, -0.2) is 23.3 Å². The number of rotatable bonds is 3. The Balaban J connectivity index is 2.15. The van der Waals surface area contributed by atoms with Crippen LogP contribution in [0.5, 0.6) is 0 Å². The normalized spacial score (nSPS) is 17.4. The van der Waals surface area contributed by atoms with Crippen molar-refractivity contribution in [1.82, 2.24) is 4.90 Å². The fourth-order valence-corrected chi connectivity index (χ4v) is 3.68. The Kier molecular flexibility index (Phi) is 4.43. The number of hydrogen-bond donors (Lipinski definition) is 1. The van der Waals surface area contributed by atoms with Crippen LogP contribution < -0.4 is 5.32 Å². The lowest BCUT2D eigenvalue weighted by molar-refractivity contribution is -0.136. The number of nitrogens with zero attached hydrogens (tertiary/aromatic N) is 1. The highest BCUT2D eigenvalue weighted by Crippen LogP contribution is 2.38. The summed E-state index contributed by atoms with van der Waals surface area (Å²) in [5.41, 5.74) is 1.17. The molecule has 2 aromatic rings. The van der Waals surface area contributed by atoms with Gasteiger partial charge < -0.3 is 10.2 Å². The molecule has 0 bridgehead atoms. The average molecular weight is 332 g/mol. The Morgan fingerprint density at radius 3 is 2.96 bits per heavy atom. The molecule has 2 amide bonds. The first-order valence-electron chi connectivity index (χ1n) is 7.52. The molecule has 1 aromatic carbocycles. The molecule has 2 heterocycles. The summed E-state index contributed by atoms with van der Waals surface area (Å²) in [7, 11) is 0. The van der Waals surface area contributed by atoms with Crippen molar-refractivity contribution in [3.8, 4) is 0 Å². The lowest BCUT2D eigenvalue weighted by Gasteiger charge is -2.29. The van der Waals surface area contributed by atoms with Crippen LogP contribution in [0.15, 0.2) is 35.7 Å². The number of benzene rings is 1. The van der Waals surface area contributed by atoms with Crippen molar-refractivity contribution in [2.75, 3.05) is 11.9 Å². The van der Waals surface area contributed by atoms with Gasteiger partial charge in [-0.1, -0.05) is 13.0 Å². The van der Waals surface area contributed by atoms with Crippen LogP contribution in [-0.2, 0) is 9.59 Å². The van der Waals surface area contributed by atoms with Gasteiger partial charge in [0.2, 0.25) is 11.8 Å². The van der Waals surface area contributed by atoms with Gasteiger partial charge in [0, 0.05) is 22.5 Å². The Morgan fingerprint density at radius 2 is 2.26 bits per heavy atom. The van der Waals surface area contributed by atoms with E-state index in [9.17, 15) is 14.0 Å². The van der Waals surface area contributed by atoms with Crippen molar-refractivity contribution in [1.29, 1.82) is 0 Å². The molecule has 120 valence electrons. The minimum Gasteiger partial charge on any atom is -0.324 e. The zero-order valence-corrected chi connectivity index (χ0v) is 13.5. The van der Waals surface area contributed by atoms with Crippen LogP contribution in [0.2, 0.25) is 0 Å². The zero-order valence-electron chi connectivity index (χ0n) is 12.7. The molecule has 1 atom stereocenters. The highest BCUT2D eigenvalue weighted by atomic mass is 32.1. The van der Waals surface area contributed by atoms with Crippen molar-refractivity contribution in [3.05, 3.63) is 52.0 Å². The van der Waals surface area contributed by atoms with E-state index in [1.807, 2.05) is 24.4 Å². The van der Waals surface area contributed by atoms with Gasteiger partial charge in [-0.25, -0.2) is 4.39 Å². The third kappa shape index (κ3) is 3.12. The number of nitrogens with one attached hydrogen (secondary N) is 1. The average Bonchev–Trinajstić information content (AvgIpc) is 2.99. The molecule has 1 aliphatic rings. The third-order valence-electron chi connectivity index (χ3n) is 3.80. The molecule has 0 spiro atoms. The Hall–Kier alpha value is -2.21. The molecule has 3 rings (SSSR count). The Bertz CT molecular complexity index is 730. The smallest absolute Gasteiger partial charge is 0.244 e. The second-order valence-electron chi connectivity index (χ2n) is 5.47. The SMILES string of the molecule is CCCC(=O)N1CC(=O)Nc2ccc(F)cc2C1c1cccs1. The van der Waals surface area contributed by atoms with E-state index >= 15 is 0 Å². The van der Waals surface area contributed by atoms with Gasteiger partial charge in [0.1, 0.15) is 12.4 Å². The molecule has 4 nitrogen and oxygen atoms in total. The maximum atomic E-state index is 13.8. The molecule has 6 heteroatoms. The lowest BCUT2D eigenvalue weighted by atomic mass is 10.0. The summed E-state index contributed by atoms with van der Waals surface area (Å²) in [5.74, 6) is -0.746. The monoisotopic (exact) mass is 332 g/mol. The second-order valence-corrected chi connectivity index (χ2v) is 6.45. The molecule has 1 N–H and O–H groups in total. The molecule has 0 saturated carbocycles. The van der Waals surface area contributed by atoms with Crippen LogP contribution in [0.4, 0.5) is 10.1 Å². The minimum absolute atomic E-state index is 0.0301. The molecule has 1 unspecified atom stereocenters. The van der Waals surface area contributed by atoms with Gasteiger partial charge >= 0.3 is 0 Å². The molecule has 0 aliphatic carbocycles. The summed E-state index contributed by atoms with van der Waals surface area (Å²) in [6, 6.07) is 7.62.